The van der Waals surface area contributed by atoms with Crippen molar-refractivity contribution in [3.63, 3.8) is 0 Å². The second-order valence-corrected chi connectivity index (χ2v) is 7.43. The summed E-state index contributed by atoms with van der Waals surface area (Å²) in [6, 6.07) is 6.31. The third-order valence-corrected chi connectivity index (χ3v) is 5.37. The van der Waals surface area contributed by atoms with E-state index in [1.54, 1.807) is 18.7 Å². The minimum atomic E-state index is -0.628. The second kappa shape index (κ2) is 10.3. The molecular weight excluding hydrogens is 400 g/mol. The molecule has 0 aromatic heterocycles. The number of amides is 3. The minimum Gasteiger partial charge on any atom is -0.494 e. The van der Waals surface area contributed by atoms with Crippen molar-refractivity contribution in [3.05, 3.63) is 41.1 Å². The number of benzene rings is 1. The molecule has 0 bridgehead atoms. The second-order valence-electron chi connectivity index (χ2n) is 7.43. The van der Waals surface area contributed by atoms with Crippen molar-refractivity contribution in [1.82, 2.24) is 20.4 Å². The molecule has 0 saturated carbocycles. The van der Waals surface area contributed by atoms with Crippen LogP contribution in [0, 0.1) is 0 Å². The summed E-state index contributed by atoms with van der Waals surface area (Å²) < 4.78 is 10.8. The highest BCUT2D eigenvalue weighted by molar-refractivity contribution is 5.95. The number of carbonyl (C=O) groups is 3. The Labute approximate surface area is 182 Å². The van der Waals surface area contributed by atoms with Gasteiger partial charge < -0.3 is 25.0 Å². The molecule has 1 atom stereocenters. The molecule has 1 aromatic rings. The van der Waals surface area contributed by atoms with Crippen LogP contribution in [-0.2, 0) is 14.3 Å². The third kappa shape index (κ3) is 5.55. The highest BCUT2D eigenvalue weighted by Gasteiger charge is 2.34. The van der Waals surface area contributed by atoms with E-state index in [9.17, 15) is 14.4 Å². The van der Waals surface area contributed by atoms with Gasteiger partial charge in [-0.25, -0.2) is 9.59 Å². The van der Waals surface area contributed by atoms with Crippen molar-refractivity contribution in [2.75, 3.05) is 45.9 Å². The molecular formula is C22H30N4O5. The molecule has 168 valence electrons. The molecule has 9 heteroatoms. The van der Waals surface area contributed by atoms with Crippen LogP contribution in [0.3, 0.4) is 0 Å². The summed E-state index contributed by atoms with van der Waals surface area (Å²) in [7, 11) is 0. The Morgan fingerprint density at radius 2 is 1.74 bits per heavy atom. The quantitative estimate of drug-likeness (QED) is 0.635. The topological polar surface area (TPSA) is 100 Å². The highest BCUT2D eigenvalue weighted by Crippen LogP contribution is 2.29. The van der Waals surface area contributed by atoms with Gasteiger partial charge in [-0.2, -0.15) is 0 Å². The Morgan fingerprint density at radius 1 is 1.06 bits per heavy atom. The average molecular weight is 431 g/mol. The van der Waals surface area contributed by atoms with E-state index in [1.165, 1.54) is 0 Å². The van der Waals surface area contributed by atoms with Gasteiger partial charge in [0.25, 0.3) is 0 Å². The fraction of sp³-hybridized carbons (Fsp3) is 0.500. The summed E-state index contributed by atoms with van der Waals surface area (Å²) in [6.07, 6.45) is 0. The molecule has 0 radical (unpaired) electrons. The van der Waals surface area contributed by atoms with Gasteiger partial charge in [-0.15, -0.1) is 0 Å². The fourth-order valence-corrected chi connectivity index (χ4v) is 3.81. The van der Waals surface area contributed by atoms with Gasteiger partial charge in [0.1, 0.15) is 5.75 Å². The van der Waals surface area contributed by atoms with E-state index in [0.29, 0.717) is 50.6 Å². The van der Waals surface area contributed by atoms with E-state index in [0.717, 1.165) is 11.3 Å². The summed E-state index contributed by atoms with van der Waals surface area (Å²) in [5, 5.41) is 5.64. The predicted molar refractivity (Wildman–Crippen MR) is 114 cm³/mol. The zero-order valence-electron chi connectivity index (χ0n) is 18.3. The normalized spacial score (nSPS) is 19.5. The van der Waals surface area contributed by atoms with Crippen molar-refractivity contribution in [3.8, 4) is 5.75 Å². The van der Waals surface area contributed by atoms with Gasteiger partial charge in [-0.05, 0) is 31.5 Å². The molecule has 9 nitrogen and oxygen atoms in total. The number of rotatable bonds is 7. The van der Waals surface area contributed by atoms with Gasteiger partial charge >= 0.3 is 12.0 Å². The number of esters is 1. The van der Waals surface area contributed by atoms with Gasteiger partial charge in [0, 0.05) is 45.3 Å². The van der Waals surface area contributed by atoms with E-state index in [1.807, 2.05) is 31.2 Å². The molecule has 3 rings (SSSR count). The van der Waals surface area contributed by atoms with Crippen molar-refractivity contribution >= 4 is 17.9 Å². The maximum atomic E-state index is 12.9. The predicted octanol–water partition coefficient (Wildman–Crippen LogP) is 1.42. The van der Waals surface area contributed by atoms with Crippen molar-refractivity contribution in [1.29, 1.82) is 0 Å². The number of hydrogen-bond donors (Lipinski definition) is 2. The van der Waals surface area contributed by atoms with Crippen LogP contribution in [0.2, 0.25) is 0 Å². The number of nitrogens with zero attached hydrogens (tertiary/aromatic N) is 2. The van der Waals surface area contributed by atoms with E-state index < -0.39 is 12.0 Å². The van der Waals surface area contributed by atoms with Gasteiger partial charge in [0.2, 0.25) is 5.91 Å². The number of nitrogens with one attached hydrogen (secondary N) is 2. The highest BCUT2D eigenvalue weighted by atomic mass is 16.5. The van der Waals surface area contributed by atoms with Crippen LogP contribution in [-0.4, -0.2) is 73.6 Å². The Hall–Kier alpha value is -3.07. The van der Waals surface area contributed by atoms with Gasteiger partial charge in [-0.1, -0.05) is 12.1 Å². The molecule has 1 saturated heterocycles. The molecule has 31 heavy (non-hydrogen) atoms. The molecule has 1 fully saturated rings. The Kier molecular flexibility index (Phi) is 7.51. The fourth-order valence-electron chi connectivity index (χ4n) is 3.81. The Bertz CT molecular complexity index is 844. The summed E-state index contributed by atoms with van der Waals surface area (Å²) in [5.74, 6) is 0.305. The molecule has 2 N–H and O–H groups in total. The number of carbonyl (C=O) groups excluding carboxylic acids is 3. The van der Waals surface area contributed by atoms with E-state index in [-0.39, 0.29) is 18.5 Å². The summed E-state index contributed by atoms with van der Waals surface area (Å²) in [4.78, 5) is 40.8. The first kappa shape index (κ1) is 22.6. The minimum absolute atomic E-state index is 0.0526. The number of ether oxygens (including phenoxy) is 2. The largest absolute Gasteiger partial charge is 0.494 e. The molecule has 0 aliphatic carbocycles. The Balaban J connectivity index is 1.88. The summed E-state index contributed by atoms with van der Waals surface area (Å²) >= 11 is 0. The lowest BCUT2D eigenvalue weighted by Crippen LogP contribution is -2.52. The summed E-state index contributed by atoms with van der Waals surface area (Å²) in [5.41, 5.74) is 1.68. The molecule has 0 unspecified atom stereocenters. The van der Waals surface area contributed by atoms with E-state index in [2.05, 4.69) is 15.5 Å². The van der Waals surface area contributed by atoms with Crippen molar-refractivity contribution in [2.24, 2.45) is 0 Å². The first-order valence-electron chi connectivity index (χ1n) is 10.6. The average Bonchev–Trinajstić information content (AvgIpc) is 2.74. The van der Waals surface area contributed by atoms with Gasteiger partial charge in [0.15, 0.2) is 0 Å². The van der Waals surface area contributed by atoms with Gasteiger partial charge in [0.05, 0.1) is 24.8 Å². The van der Waals surface area contributed by atoms with Crippen LogP contribution in [0.5, 0.6) is 5.75 Å². The van der Waals surface area contributed by atoms with E-state index in [4.69, 9.17) is 9.47 Å². The lowest BCUT2D eigenvalue weighted by molar-refractivity contribution is -0.139. The molecule has 3 amide bonds. The Morgan fingerprint density at radius 3 is 2.32 bits per heavy atom. The smallest absolute Gasteiger partial charge is 0.338 e. The van der Waals surface area contributed by atoms with E-state index >= 15 is 0 Å². The molecule has 2 aliphatic rings. The maximum absolute atomic E-state index is 12.9. The van der Waals surface area contributed by atoms with Crippen LogP contribution in [0.15, 0.2) is 35.5 Å². The standard InChI is InChI=1S/C22H30N4O5/c1-4-30-17-8-6-16(7-9-17)20-19(21(28)31-5-2)18(23-22(29)24-20)14-25-10-12-26(13-11-25)15(3)27/h6-9,20H,4-5,10-14H2,1-3H3,(H2,23,24,29)/t20-/m0/s1. The van der Waals surface area contributed by atoms with Crippen LogP contribution in [0.25, 0.3) is 0 Å². The number of piperazine rings is 1. The first-order valence-corrected chi connectivity index (χ1v) is 10.6. The zero-order valence-corrected chi connectivity index (χ0v) is 18.3. The monoisotopic (exact) mass is 430 g/mol. The van der Waals surface area contributed by atoms with Crippen LogP contribution < -0.4 is 15.4 Å². The molecule has 1 aromatic carbocycles. The zero-order chi connectivity index (χ0) is 22.4. The van der Waals surface area contributed by atoms with Crippen molar-refractivity contribution < 1.29 is 23.9 Å². The molecule has 2 aliphatic heterocycles. The van der Waals surface area contributed by atoms with Crippen LogP contribution in [0.4, 0.5) is 4.79 Å². The third-order valence-electron chi connectivity index (χ3n) is 5.37. The summed E-state index contributed by atoms with van der Waals surface area (Å²) in [6.45, 7) is 8.96. The van der Waals surface area contributed by atoms with Crippen LogP contribution >= 0.6 is 0 Å². The molecule has 2 heterocycles. The maximum Gasteiger partial charge on any atom is 0.338 e. The number of urea groups is 1. The SMILES string of the molecule is CCOC(=O)C1=C(CN2CCN(C(C)=O)CC2)NC(=O)N[C@H]1c1ccc(OCC)cc1. The first-order chi connectivity index (χ1) is 14.9. The van der Waals surface area contributed by atoms with Gasteiger partial charge in [-0.3, -0.25) is 9.69 Å². The lowest BCUT2D eigenvalue weighted by Gasteiger charge is -2.36. The van der Waals surface area contributed by atoms with Crippen LogP contribution in [0.1, 0.15) is 32.4 Å². The lowest BCUT2D eigenvalue weighted by atomic mass is 9.94. The number of hydrogen-bond acceptors (Lipinski definition) is 6. The van der Waals surface area contributed by atoms with Crippen molar-refractivity contribution in [2.45, 2.75) is 26.8 Å². The molecule has 0 spiro atoms.